The molecule has 0 bridgehead atoms. The maximum absolute atomic E-state index is 11.5. The lowest BCUT2D eigenvalue weighted by molar-refractivity contribution is -0.121. The summed E-state index contributed by atoms with van der Waals surface area (Å²) in [4.78, 5) is 22.4. The lowest BCUT2D eigenvalue weighted by Gasteiger charge is -2.34. The molecule has 1 unspecified atom stereocenters. The van der Waals surface area contributed by atoms with Gasteiger partial charge in [0, 0.05) is 18.5 Å². The van der Waals surface area contributed by atoms with Gasteiger partial charge in [0.15, 0.2) is 0 Å². The van der Waals surface area contributed by atoms with Gasteiger partial charge in [0.05, 0.1) is 13.2 Å². The van der Waals surface area contributed by atoms with Crippen molar-refractivity contribution in [1.82, 2.24) is 9.97 Å². The number of hydrogen-bond donors (Lipinski definition) is 1. The molecule has 1 aromatic heterocycles. The number of nitrogens with zero attached hydrogens (tertiary/aromatic N) is 3. The molecule has 19 heavy (non-hydrogen) atoms. The van der Waals surface area contributed by atoms with E-state index in [9.17, 15) is 4.79 Å². The van der Waals surface area contributed by atoms with Gasteiger partial charge < -0.3 is 15.4 Å². The number of anilines is 1. The summed E-state index contributed by atoms with van der Waals surface area (Å²) in [7, 11) is 0. The van der Waals surface area contributed by atoms with E-state index in [2.05, 4.69) is 25.9 Å². The number of ether oxygens (including phenoxy) is 1. The van der Waals surface area contributed by atoms with E-state index in [0.717, 1.165) is 29.1 Å². The molecule has 2 fully saturated rings. The number of aromatic nitrogens is 2. The molecular formula is C12H15BrN4O2. The van der Waals surface area contributed by atoms with Crippen LogP contribution in [0.15, 0.2) is 10.7 Å². The highest BCUT2D eigenvalue weighted by molar-refractivity contribution is 9.10. The minimum absolute atomic E-state index is 0.315. The Bertz CT molecular complexity index is 507. The first-order valence-electron chi connectivity index (χ1n) is 6.33. The predicted molar refractivity (Wildman–Crippen MR) is 72.9 cm³/mol. The molecule has 102 valence electrons. The number of hydrogen-bond acceptors (Lipinski definition) is 5. The van der Waals surface area contributed by atoms with Crippen LogP contribution in [-0.2, 0) is 9.53 Å². The molecule has 1 aliphatic carbocycles. The number of primary amides is 1. The van der Waals surface area contributed by atoms with E-state index in [1.54, 1.807) is 0 Å². The number of nitrogens with two attached hydrogens (primary N) is 1. The summed E-state index contributed by atoms with van der Waals surface area (Å²) in [5.41, 5.74) is 5.43. The molecular weight excluding hydrogens is 312 g/mol. The van der Waals surface area contributed by atoms with Crippen LogP contribution in [0.3, 0.4) is 0 Å². The maximum Gasteiger partial charge on any atom is 0.242 e. The predicted octanol–water partition coefficient (Wildman–Crippen LogP) is 0.807. The summed E-state index contributed by atoms with van der Waals surface area (Å²) in [6, 6.07) is 1.37. The second kappa shape index (κ2) is 5.05. The number of carbonyl (C=O) groups excluding carboxylic acids is 1. The molecule has 2 heterocycles. The zero-order valence-electron chi connectivity index (χ0n) is 10.4. The van der Waals surface area contributed by atoms with Crippen molar-refractivity contribution in [2.75, 3.05) is 24.7 Å². The Hall–Kier alpha value is -1.21. The lowest BCUT2D eigenvalue weighted by atomic mass is 10.2. The molecule has 1 saturated heterocycles. The van der Waals surface area contributed by atoms with Crippen LogP contribution in [0.2, 0.25) is 0 Å². The summed E-state index contributed by atoms with van der Waals surface area (Å²) in [5.74, 6) is 1.67. The van der Waals surface area contributed by atoms with E-state index in [0.29, 0.717) is 25.7 Å². The Labute approximate surface area is 119 Å². The highest BCUT2D eigenvalue weighted by Crippen LogP contribution is 2.39. The zero-order valence-corrected chi connectivity index (χ0v) is 12.0. The molecule has 1 saturated carbocycles. The molecule has 0 spiro atoms. The number of rotatable bonds is 3. The van der Waals surface area contributed by atoms with Crippen molar-refractivity contribution in [1.29, 1.82) is 0 Å². The molecule has 3 rings (SSSR count). The van der Waals surface area contributed by atoms with Crippen molar-refractivity contribution < 1.29 is 9.53 Å². The van der Waals surface area contributed by atoms with Gasteiger partial charge in [-0.1, -0.05) is 0 Å². The molecule has 1 atom stereocenters. The van der Waals surface area contributed by atoms with Crippen LogP contribution in [0, 0.1) is 0 Å². The monoisotopic (exact) mass is 326 g/mol. The fourth-order valence-electron chi connectivity index (χ4n) is 2.21. The summed E-state index contributed by atoms with van der Waals surface area (Å²) in [5, 5.41) is 0. The SMILES string of the molecule is NC(=O)C1COCCN1c1cc(Br)nc(C2CC2)n1. The molecule has 0 radical (unpaired) electrons. The van der Waals surface area contributed by atoms with Crippen LogP contribution in [0.5, 0.6) is 0 Å². The molecule has 1 amide bonds. The van der Waals surface area contributed by atoms with E-state index in [1.165, 1.54) is 0 Å². The lowest BCUT2D eigenvalue weighted by Crippen LogP contribution is -2.53. The number of halogens is 1. The van der Waals surface area contributed by atoms with E-state index in [1.807, 2.05) is 11.0 Å². The van der Waals surface area contributed by atoms with Gasteiger partial charge in [-0.25, -0.2) is 9.97 Å². The molecule has 1 aliphatic heterocycles. The third kappa shape index (κ3) is 2.71. The van der Waals surface area contributed by atoms with E-state index >= 15 is 0 Å². The summed E-state index contributed by atoms with van der Waals surface area (Å²) >= 11 is 3.41. The smallest absolute Gasteiger partial charge is 0.242 e. The van der Waals surface area contributed by atoms with Crippen molar-refractivity contribution >= 4 is 27.7 Å². The molecule has 2 aliphatic rings. The van der Waals surface area contributed by atoms with Gasteiger partial charge in [-0.2, -0.15) is 0 Å². The fourth-order valence-corrected chi connectivity index (χ4v) is 2.59. The number of amides is 1. The zero-order chi connectivity index (χ0) is 13.4. The van der Waals surface area contributed by atoms with Gasteiger partial charge in [-0.05, 0) is 28.8 Å². The first-order valence-corrected chi connectivity index (χ1v) is 7.12. The van der Waals surface area contributed by atoms with E-state index in [-0.39, 0.29) is 5.91 Å². The Morgan fingerprint density at radius 2 is 2.26 bits per heavy atom. The van der Waals surface area contributed by atoms with Crippen LogP contribution in [0.25, 0.3) is 0 Å². The highest BCUT2D eigenvalue weighted by Gasteiger charge is 2.31. The fraction of sp³-hybridized carbons (Fsp3) is 0.583. The average Bonchev–Trinajstić information content (AvgIpc) is 3.22. The van der Waals surface area contributed by atoms with Crippen molar-refractivity contribution in [3.63, 3.8) is 0 Å². The van der Waals surface area contributed by atoms with Gasteiger partial charge >= 0.3 is 0 Å². The summed E-state index contributed by atoms with van der Waals surface area (Å²) in [6.07, 6.45) is 2.27. The Morgan fingerprint density at radius 1 is 1.47 bits per heavy atom. The highest BCUT2D eigenvalue weighted by atomic mass is 79.9. The standard InChI is InChI=1S/C12H15BrN4O2/c13-9-5-10(16-12(15-9)7-1-2-7)17-3-4-19-6-8(17)11(14)18/h5,7-8H,1-4,6H2,(H2,14,18). The third-order valence-corrected chi connectivity index (χ3v) is 3.80. The van der Waals surface area contributed by atoms with Gasteiger partial charge in [0.1, 0.15) is 22.3 Å². The topological polar surface area (TPSA) is 81.3 Å². The Morgan fingerprint density at radius 3 is 2.95 bits per heavy atom. The molecule has 1 aromatic rings. The molecule has 2 N–H and O–H groups in total. The summed E-state index contributed by atoms with van der Waals surface area (Å²) < 4.78 is 6.06. The maximum atomic E-state index is 11.5. The molecule has 0 aromatic carbocycles. The minimum atomic E-state index is -0.456. The number of carbonyl (C=O) groups is 1. The minimum Gasteiger partial charge on any atom is -0.377 e. The first-order chi connectivity index (χ1) is 9.15. The largest absolute Gasteiger partial charge is 0.377 e. The van der Waals surface area contributed by atoms with Crippen LogP contribution in [0.4, 0.5) is 5.82 Å². The Balaban J connectivity index is 1.92. The van der Waals surface area contributed by atoms with Crippen molar-refractivity contribution in [3.8, 4) is 0 Å². The second-order valence-electron chi connectivity index (χ2n) is 4.87. The number of morpholine rings is 1. The van der Waals surface area contributed by atoms with Gasteiger partial charge in [-0.15, -0.1) is 0 Å². The average molecular weight is 327 g/mol. The quantitative estimate of drug-likeness (QED) is 0.831. The van der Waals surface area contributed by atoms with Crippen molar-refractivity contribution in [2.24, 2.45) is 5.73 Å². The van der Waals surface area contributed by atoms with E-state index in [4.69, 9.17) is 10.5 Å². The molecule has 7 heteroatoms. The van der Waals surface area contributed by atoms with Crippen molar-refractivity contribution in [3.05, 3.63) is 16.5 Å². The normalized spacial score (nSPS) is 23.4. The third-order valence-electron chi connectivity index (χ3n) is 3.39. The van der Waals surface area contributed by atoms with Crippen LogP contribution in [-0.4, -0.2) is 41.7 Å². The van der Waals surface area contributed by atoms with Crippen LogP contribution in [0.1, 0.15) is 24.6 Å². The van der Waals surface area contributed by atoms with Crippen molar-refractivity contribution in [2.45, 2.75) is 24.8 Å². The van der Waals surface area contributed by atoms with Crippen LogP contribution < -0.4 is 10.6 Å². The van der Waals surface area contributed by atoms with E-state index < -0.39 is 6.04 Å². The van der Waals surface area contributed by atoms with Crippen LogP contribution >= 0.6 is 15.9 Å². The second-order valence-corrected chi connectivity index (χ2v) is 5.68. The van der Waals surface area contributed by atoms with Gasteiger partial charge in [-0.3, -0.25) is 4.79 Å². The molecule has 6 nitrogen and oxygen atoms in total. The summed E-state index contributed by atoms with van der Waals surface area (Å²) in [6.45, 7) is 1.50. The van der Waals surface area contributed by atoms with Gasteiger partial charge in [0.25, 0.3) is 0 Å². The van der Waals surface area contributed by atoms with Gasteiger partial charge in [0.2, 0.25) is 5.91 Å². The first kappa shape index (κ1) is 12.8. The Kier molecular flexibility index (Phi) is 3.40.